The number of nitrogens with one attached hydrogen (secondary N) is 2. The van der Waals surface area contributed by atoms with Gasteiger partial charge in [0.1, 0.15) is 30.3 Å². The number of hydrogen-bond donors (Lipinski definition) is 2. The third kappa shape index (κ3) is 9.53. The van der Waals surface area contributed by atoms with Gasteiger partial charge in [-0.25, -0.2) is 4.79 Å². The Labute approximate surface area is 347 Å². The second kappa shape index (κ2) is 18.1. The summed E-state index contributed by atoms with van der Waals surface area (Å²) in [5, 5.41) is 16.2. The van der Waals surface area contributed by atoms with Crippen molar-refractivity contribution in [3.63, 3.8) is 0 Å². The summed E-state index contributed by atoms with van der Waals surface area (Å²) in [5.74, 6) is 0.244. The highest BCUT2D eigenvalue weighted by molar-refractivity contribution is 6.42. The Balaban J connectivity index is 0.00000549. The van der Waals surface area contributed by atoms with Gasteiger partial charge in [0.2, 0.25) is 11.8 Å². The zero-order chi connectivity index (χ0) is 39.3. The molecule has 3 unspecified atom stereocenters. The minimum Gasteiger partial charge on any atom is -0.489 e. The monoisotopic (exact) mass is 824 g/mol. The van der Waals surface area contributed by atoms with E-state index in [2.05, 4.69) is 16.7 Å². The Morgan fingerprint density at radius 2 is 1.60 bits per heavy atom. The number of nitrogens with zero attached hydrogens (tertiary/aromatic N) is 2. The van der Waals surface area contributed by atoms with Crippen molar-refractivity contribution >= 4 is 59.1 Å². The van der Waals surface area contributed by atoms with Gasteiger partial charge < -0.3 is 29.7 Å². The van der Waals surface area contributed by atoms with Gasteiger partial charge in [-0.15, -0.1) is 12.4 Å². The van der Waals surface area contributed by atoms with E-state index in [1.807, 2.05) is 78.9 Å². The summed E-state index contributed by atoms with van der Waals surface area (Å²) >= 11 is 12.2. The SMILES string of the molecule is COC(=O)C(Cc1ccc(-c2ccc(C#N)cc2)cc1)NC(=O)C1Cc2cc3c(cc2CN1)OC(c1ccc(OCc2ccc(Cl)c(Cl)c2)cc1)CN3C(C)=O.Cl. The van der Waals surface area contributed by atoms with E-state index in [9.17, 15) is 14.4 Å². The molecule has 0 aliphatic carbocycles. The molecule has 292 valence electrons. The minimum atomic E-state index is -0.901. The quantitative estimate of drug-likeness (QED) is 0.136. The lowest BCUT2D eigenvalue weighted by atomic mass is 9.93. The maximum absolute atomic E-state index is 13.6. The van der Waals surface area contributed by atoms with Gasteiger partial charge in [0, 0.05) is 19.9 Å². The van der Waals surface area contributed by atoms with Crippen LogP contribution in [-0.4, -0.2) is 43.5 Å². The number of amides is 2. The van der Waals surface area contributed by atoms with E-state index in [1.54, 1.807) is 29.2 Å². The molecule has 0 radical (unpaired) electrons. The van der Waals surface area contributed by atoms with Crippen molar-refractivity contribution < 1.29 is 28.6 Å². The van der Waals surface area contributed by atoms with Crippen molar-refractivity contribution in [2.24, 2.45) is 0 Å². The fraction of sp³-hybridized carbons (Fsp3) is 0.227. The first kappa shape index (κ1) is 41.1. The van der Waals surface area contributed by atoms with E-state index < -0.39 is 24.2 Å². The average Bonchev–Trinajstić information content (AvgIpc) is 3.22. The van der Waals surface area contributed by atoms with Crippen LogP contribution in [0.15, 0.2) is 103 Å². The lowest BCUT2D eigenvalue weighted by Crippen LogP contribution is -2.53. The molecule has 0 saturated heterocycles. The highest BCUT2D eigenvalue weighted by atomic mass is 35.5. The number of esters is 1. The third-order valence-corrected chi connectivity index (χ3v) is 10.8. The second-order valence-corrected chi connectivity index (χ2v) is 14.6. The van der Waals surface area contributed by atoms with Gasteiger partial charge in [0.15, 0.2) is 0 Å². The Hall–Kier alpha value is -5.57. The first-order chi connectivity index (χ1) is 27.1. The molecule has 0 spiro atoms. The molecule has 0 aromatic heterocycles. The molecule has 13 heteroatoms. The molecule has 3 atom stereocenters. The Kier molecular flexibility index (Phi) is 13.1. The zero-order valence-electron chi connectivity index (χ0n) is 31.1. The van der Waals surface area contributed by atoms with E-state index in [0.29, 0.717) is 58.9 Å². The molecular formula is C44H39Cl3N4O6. The number of carbonyl (C=O) groups is 3. The molecule has 0 fully saturated rings. The van der Waals surface area contributed by atoms with E-state index in [1.165, 1.54) is 14.0 Å². The fourth-order valence-electron chi connectivity index (χ4n) is 6.94. The molecule has 10 nitrogen and oxygen atoms in total. The van der Waals surface area contributed by atoms with Crippen molar-refractivity contribution in [3.05, 3.63) is 147 Å². The van der Waals surface area contributed by atoms with E-state index >= 15 is 0 Å². The van der Waals surface area contributed by atoms with Crippen molar-refractivity contribution in [2.45, 2.75) is 51.1 Å². The molecule has 5 aromatic rings. The van der Waals surface area contributed by atoms with Crippen LogP contribution in [0.2, 0.25) is 10.0 Å². The van der Waals surface area contributed by atoms with Gasteiger partial charge in [-0.05, 0) is 93.9 Å². The molecule has 2 heterocycles. The maximum atomic E-state index is 13.6. The summed E-state index contributed by atoms with van der Waals surface area (Å²) < 4.78 is 17.5. The Bertz CT molecular complexity index is 2310. The number of methoxy groups -OCH3 is 1. The zero-order valence-corrected chi connectivity index (χ0v) is 33.4. The standard InChI is InChI=1S/C44H38Cl2N4O6.ClH/c1-26(51)50-24-42(32-12-14-35(15-13-32)55-25-29-7-16-36(45)37(46)17-29)56-41-21-34-23-48-38(19-33(34)20-40(41)50)43(52)49-39(44(53)54-2)18-27-3-8-30(9-4-27)31-10-5-28(22-47)6-11-31;/h3-17,20-21,38-39,42,48H,18-19,23-25H2,1-2H3,(H,49,52);1H. The van der Waals surface area contributed by atoms with Crippen molar-refractivity contribution in [1.29, 1.82) is 5.26 Å². The maximum Gasteiger partial charge on any atom is 0.328 e. The van der Waals surface area contributed by atoms with Crippen LogP contribution in [0.3, 0.4) is 0 Å². The van der Waals surface area contributed by atoms with Crippen LogP contribution in [0.1, 0.15) is 46.4 Å². The lowest BCUT2D eigenvalue weighted by Gasteiger charge is -2.36. The summed E-state index contributed by atoms with van der Waals surface area (Å²) in [5.41, 5.74) is 7.65. The predicted octanol–water partition coefficient (Wildman–Crippen LogP) is 7.93. The van der Waals surface area contributed by atoms with Gasteiger partial charge in [-0.3, -0.25) is 9.59 Å². The molecule has 2 N–H and O–H groups in total. The number of hydrogen-bond acceptors (Lipinski definition) is 8. The fourth-order valence-corrected chi connectivity index (χ4v) is 7.26. The van der Waals surface area contributed by atoms with Crippen molar-refractivity contribution in [2.75, 3.05) is 18.6 Å². The topological polar surface area (TPSA) is 130 Å². The lowest BCUT2D eigenvalue weighted by molar-refractivity contribution is -0.145. The van der Waals surface area contributed by atoms with Gasteiger partial charge in [-0.2, -0.15) is 5.26 Å². The third-order valence-electron chi connectivity index (χ3n) is 10.0. The highest BCUT2D eigenvalue weighted by Crippen LogP contribution is 2.41. The first-order valence-electron chi connectivity index (χ1n) is 18.1. The Morgan fingerprint density at radius 1 is 0.912 bits per heavy atom. The first-order valence-corrected chi connectivity index (χ1v) is 18.8. The van der Waals surface area contributed by atoms with Crippen LogP contribution >= 0.6 is 35.6 Å². The minimum absolute atomic E-state index is 0. The number of rotatable bonds is 10. The van der Waals surface area contributed by atoms with Crippen LogP contribution in [0.25, 0.3) is 11.1 Å². The van der Waals surface area contributed by atoms with Gasteiger partial charge >= 0.3 is 5.97 Å². The summed E-state index contributed by atoms with van der Waals surface area (Å²) in [6.45, 7) is 2.55. The van der Waals surface area contributed by atoms with E-state index in [4.69, 9.17) is 42.7 Å². The Morgan fingerprint density at radius 3 is 2.25 bits per heavy atom. The highest BCUT2D eigenvalue weighted by Gasteiger charge is 2.34. The van der Waals surface area contributed by atoms with Gasteiger partial charge in [0.05, 0.1) is 47.1 Å². The van der Waals surface area contributed by atoms with Gasteiger partial charge in [-0.1, -0.05) is 77.8 Å². The summed E-state index contributed by atoms with van der Waals surface area (Å²) in [7, 11) is 1.30. The number of halogens is 3. The van der Waals surface area contributed by atoms with Crippen molar-refractivity contribution in [1.82, 2.24) is 10.6 Å². The largest absolute Gasteiger partial charge is 0.489 e. The summed E-state index contributed by atoms with van der Waals surface area (Å²) in [6, 6.07) is 32.4. The molecule has 7 rings (SSSR count). The summed E-state index contributed by atoms with van der Waals surface area (Å²) in [6.07, 6.45) is 0.176. The van der Waals surface area contributed by atoms with Crippen LogP contribution in [0.5, 0.6) is 11.5 Å². The van der Waals surface area contributed by atoms with Gasteiger partial charge in [0.25, 0.3) is 0 Å². The molecule has 57 heavy (non-hydrogen) atoms. The number of fused-ring (bicyclic) bond motifs is 2. The van der Waals surface area contributed by atoms with Crippen LogP contribution in [0, 0.1) is 11.3 Å². The normalized spacial score (nSPS) is 16.0. The molecule has 2 amide bonds. The summed E-state index contributed by atoms with van der Waals surface area (Å²) in [4.78, 5) is 41.2. The number of benzene rings is 5. The molecule has 5 aromatic carbocycles. The number of nitriles is 1. The number of anilines is 1. The van der Waals surface area contributed by atoms with Crippen LogP contribution in [-0.2, 0) is 45.1 Å². The van der Waals surface area contributed by atoms with Crippen molar-refractivity contribution in [3.8, 4) is 28.7 Å². The van der Waals surface area contributed by atoms with E-state index in [-0.39, 0.29) is 30.6 Å². The number of ether oxygens (including phenoxy) is 3. The second-order valence-electron chi connectivity index (χ2n) is 13.7. The van der Waals surface area contributed by atoms with Crippen LogP contribution < -0.4 is 25.0 Å². The smallest absolute Gasteiger partial charge is 0.328 e. The molecular weight excluding hydrogens is 787 g/mol. The molecule has 2 aliphatic rings. The van der Waals surface area contributed by atoms with E-state index in [0.717, 1.165) is 38.9 Å². The average molecular weight is 826 g/mol. The molecule has 0 saturated carbocycles. The number of carbonyl (C=O) groups excluding carboxylic acids is 3. The molecule has 2 aliphatic heterocycles. The van der Waals surface area contributed by atoms with Crippen LogP contribution in [0.4, 0.5) is 5.69 Å². The molecule has 0 bridgehead atoms. The predicted molar refractivity (Wildman–Crippen MR) is 221 cm³/mol.